The van der Waals surface area contributed by atoms with Gasteiger partial charge in [0.15, 0.2) is 5.84 Å². The molecular formula is C13H15N5O2. The molecule has 2 aromatic rings. The number of amides is 1. The first-order valence-electron chi connectivity index (χ1n) is 5.93. The number of oxime groups is 1. The lowest BCUT2D eigenvalue weighted by molar-refractivity contribution is 0.102. The van der Waals surface area contributed by atoms with Crippen LogP contribution in [0.3, 0.4) is 0 Å². The molecule has 0 saturated heterocycles. The summed E-state index contributed by atoms with van der Waals surface area (Å²) in [7, 11) is 0. The normalized spacial score (nSPS) is 11.4. The summed E-state index contributed by atoms with van der Waals surface area (Å²) in [6.45, 7) is 3.64. The number of H-pyrrole nitrogens is 1. The van der Waals surface area contributed by atoms with Crippen LogP contribution in [0.2, 0.25) is 0 Å². The molecule has 2 rings (SSSR count). The van der Waals surface area contributed by atoms with Gasteiger partial charge in [0.2, 0.25) is 0 Å². The third kappa shape index (κ3) is 2.61. The Kier molecular flexibility index (Phi) is 3.69. The number of anilines is 1. The smallest absolute Gasteiger partial charge is 0.255 e. The molecular weight excluding hydrogens is 258 g/mol. The summed E-state index contributed by atoms with van der Waals surface area (Å²) >= 11 is 0. The van der Waals surface area contributed by atoms with E-state index in [0.717, 1.165) is 11.4 Å². The molecule has 0 aliphatic carbocycles. The van der Waals surface area contributed by atoms with Gasteiger partial charge in [-0.05, 0) is 26.0 Å². The second-order valence-corrected chi connectivity index (χ2v) is 4.33. The molecule has 1 aromatic heterocycles. The highest BCUT2D eigenvalue weighted by Crippen LogP contribution is 2.17. The summed E-state index contributed by atoms with van der Waals surface area (Å²) in [5.41, 5.74) is 8.67. The minimum Gasteiger partial charge on any atom is -0.409 e. The van der Waals surface area contributed by atoms with Crippen LogP contribution in [0.4, 0.5) is 5.69 Å². The molecule has 0 radical (unpaired) electrons. The van der Waals surface area contributed by atoms with Crippen molar-refractivity contribution in [2.75, 3.05) is 5.32 Å². The first kappa shape index (κ1) is 13.6. The Labute approximate surface area is 115 Å². The van der Waals surface area contributed by atoms with E-state index in [1.54, 1.807) is 31.2 Å². The Morgan fingerprint density at radius 3 is 2.40 bits per heavy atom. The maximum Gasteiger partial charge on any atom is 0.255 e. The molecule has 5 N–H and O–H groups in total. The average Bonchev–Trinajstić information content (AvgIpc) is 2.78. The van der Waals surface area contributed by atoms with E-state index in [0.29, 0.717) is 16.8 Å². The van der Waals surface area contributed by atoms with Crippen molar-refractivity contribution in [3.05, 3.63) is 46.8 Å². The molecule has 0 bridgehead atoms. The fourth-order valence-electron chi connectivity index (χ4n) is 1.77. The van der Waals surface area contributed by atoms with E-state index >= 15 is 0 Å². The molecule has 0 aliphatic heterocycles. The molecule has 7 heteroatoms. The van der Waals surface area contributed by atoms with E-state index in [-0.39, 0.29) is 11.7 Å². The monoisotopic (exact) mass is 273 g/mol. The molecule has 0 aliphatic rings. The number of benzene rings is 1. The highest BCUT2D eigenvalue weighted by molar-refractivity contribution is 6.05. The standard InChI is InChI=1S/C13H15N5O2/c1-7-11(8(2)17-16-7)15-13(19)10-5-3-9(4-6-10)12(14)18-20/h3-6,20H,1-2H3,(H2,14,18)(H,15,19)(H,16,17). The number of carbonyl (C=O) groups is 1. The van der Waals surface area contributed by atoms with Gasteiger partial charge in [-0.3, -0.25) is 9.89 Å². The topological polar surface area (TPSA) is 116 Å². The Balaban J connectivity index is 2.18. The lowest BCUT2D eigenvalue weighted by Gasteiger charge is -2.06. The van der Waals surface area contributed by atoms with Crippen LogP contribution in [-0.2, 0) is 0 Å². The summed E-state index contributed by atoms with van der Waals surface area (Å²) in [5, 5.41) is 21.1. The number of hydrogen-bond acceptors (Lipinski definition) is 4. The maximum atomic E-state index is 12.1. The minimum atomic E-state index is -0.247. The van der Waals surface area contributed by atoms with E-state index in [2.05, 4.69) is 20.7 Å². The van der Waals surface area contributed by atoms with Gasteiger partial charge in [0.05, 0.1) is 17.1 Å². The molecule has 20 heavy (non-hydrogen) atoms. The summed E-state index contributed by atoms with van der Waals surface area (Å²) in [6, 6.07) is 6.43. The van der Waals surface area contributed by atoms with E-state index < -0.39 is 0 Å². The molecule has 1 amide bonds. The van der Waals surface area contributed by atoms with Gasteiger partial charge in [-0.2, -0.15) is 5.10 Å². The van der Waals surface area contributed by atoms with E-state index in [1.165, 1.54) is 0 Å². The molecule has 1 heterocycles. The maximum absolute atomic E-state index is 12.1. The predicted molar refractivity (Wildman–Crippen MR) is 75.0 cm³/mol. The SMILES string of the molecule is Cc1n[nH]c(C)c1NC(=O)c1ccc(/C(N)=N/O)cc1. The molecule has 104 valence electrons. The zero-order valence-corrected chi connectivity index (χ0v) is 11.1. The molecule has 1 aromatic carbocycles. The Hall–Kier alpha value is -2.83. The fourth-order valence-corrected chi connectivity index (χ4v) is 1.77. The third-order valence-corrected chi connectivity index (χ3v) is 2.92. The van der Waals surface area contributed by atoms with Crippen molar-refractivity contribution < 1.29 is 10.0 Å². The molecule has 0 fully saturated rings. The summed E-state index contributed by atoms with van der Waals surface area (Å²) in [4.78, 5) is 12.1. The zero-order valence-electron chi connectivity index (χ0n) is 11.1. The number of aromatic nitrogens is 2. The molecule has 0 spiro atoms. The second-order valence-electron chi connectivity index (χ2n) is 4.33. The highest BCUT2D eigenvalue weighted by Gasteiger charge is 2.12. The number of nitrogens with two attached hydrogens (primary N) is 1. The highest BCUT2D eigenvalue weighted by atomic mass is 16.4. The largest absolute Gasteiger partial charge is 0.409 e. The zero-order chi connectivity index (χ0) is 14.7. The quantitative estimate of drug-likeness (QED) is 0.292. The number of aryl methyl sites for hydroxylation is 2. The average molecular weight is 273 g/mol. The van der Waals surface area contributed by atoms with Gasteiger partial charge >= 0.3 is 0 Å². The number of carbonyl (C=O) groups excluding carboxylic acids is 1. The molecule has 0 atom stereocenters. The first-order valence-corrected chi connectivity index (χ1v) is 5.93. The van der Waals surface area contributed by atoms with Crippen molar-refractivity contribution in [2.45, 2.75) is 13.8 Å². The van der Waals surface area contributed by atoms with Crippen molar-refractivity contribution >= 4 is 17.4 Å². The van der Waals surface area contributed by atoms with E-state index in [9.17, 15) is 4.79 Å². The van der Waals surface area contributed by atoms with Crippen LogP contribution >= 0.6 is 0 Å². The van der Waals surface area contributed by atoms with Crippen molar-refractivity contribution in [3.63, 3.8) is 0 Å². The van der Waals surface area contributed by atoms with Crippen LogP contribution in [0, 0.1) is 13.8 Å². The lowest BCUT2D eigenvalue weighted by atomic mass is 10.1. The van der Waals surface area contributed by atoms with Crippen molar-refractivity contribution in [1.29, 1.82) is 0 Å². The van der Waals surface area contributed by atoms with Gasteiger partial charge in [0.25, 0.3) is 5.91 Å². The van der Waals surface area contributed by atoms with Gasteiger partial charge in [-0.1, -0.05) is 17.3 Å². The number of hydrogen-bond donors (Lipinski definition) is 4. The summed E-state index contributed by atoms with van der Waals surface area (Å²) in [5.74, 6) is -0.248. The molecule has 0 saturated carbocycles. The number of aromatic amines is 1. The van der Waals surface area contributed by atoms with Gasteiger partial charge in [-0.25, -0.2) is 0 Å². The minimum absolute atomic E-state index is 0.00141. The number of amidine groups is 1. The van der Waals surface area contributed by atoms with Crippen molar-refractivity contribution in [2.24, 2.45) is 10.9 Å². The van der Waals surface area contributed by atoms with E-state index in [1.807, 2.05) is 6.92 Å². The van der Waals surface area contributed by atoms with Crippen molar-refractivity contribution in [1.82, 2.24) is 10.2 Å². The predicted octanol–water partition coefficient (Wildman–Crippen LogP) is 1.37. The van der Waals surface area contributed by atoms with Crippen LogP contribution in [0.5, 0.6) is 0 Å². The van der Waals surface area contributed by atoms with Crippen molar-refractivity contribution in [3.8, 4) is 0 Å². The molecule has 0 unspecified atom stereocenters. The van der Waals surface area contributed by atoms with Gasteiger partial charge < -0.3 is 16.3 Å². The van der Waals surface area contributed by atoms with Crippen LogP contribution in [0.15, 0.2) is 29.4 Å². The summed E-state index contributed by atoms with van der Waals surface area (Å²) in [6.07, 6.45) is 0. The Bertz CT molecular complexity index is 638. The number of rotatable bonds is 3. The Morgan fingerprint density at radius 2 is 1.90 bits per heavy atom. The number of nitrogens with zero attached hydrogens (tertiary/aromatic N) is 2. The van der Waals surface area contributed by atoms with Gasteiger partial charge in [0, 0.05) is 11.1 Å². The van der Waals surface area contributed by atoms with Gasteiger partial charge in [-0.15, -0.1) is 0 Å². The van der Waals surface area contributed by atoms with Gasteiger partial charge in [0.1, 0.15) is 0 Å². The second kappa shape index (κ2) is 5.43. The first-order chi connectivity index (χ1) is 9.52. The van der Waals surface area contributed by atoms with Crippen LogP contribution < -0.4 is 11.1 Å². The Morgan fingerprint density at radius 1 is 1.30 bits per heavy atom. The fraction of sp³-hybridized carbons (Fsp3) is 0.154. The van der Waals surface area contributed by atoms with E-state index in [4.69, 9.17) is 10.9 Å². The lowest BCUT2D eigenvalue weighted by Crippen LogP contribution is -2.15. The summed E-state index contributed by atoms with van der Waals surface area (Å²) < 4.78 is 0. The third-order valence-electron chi connectivity index (χ3n) is 2.92. The molecule has 7 nitrogen and oxygen atoms in total. The number of nitrogens with one attached hydrogen (secondary N) is 2. The van der Waals surface area contributed by atoms with Crippen LogP contribution in [0.25, 0.3) is 0 Å². The van der Waals surface area contributed by atoms with Crippen LogP contribution in [0.1, 0.15) is 27.3 Å². The van der Waals surface area contributed by atoms with Crippen LogP contribution in [-0.4, -0.2) is 27.1 Å².